The quantitative estimate of drug-likeness (QED) is 0.202. The first-order chi connectivity index (χ1) is 20.4. The molecule has 0 N–H and O–H groups in total. The Labute approximate surface area is 247 Å². The van der Waals surface area contributed by atoms with Gasteiger partial charge in [-0.3, -0.25) is 0 Å². The second-order valence-electron chi connectivity index (χ2n) is 12.2. The standard InChI is InChI=1S/C41H34O/c1-6-13-28-24-38-35(22-26(28)7-2)34-23-29(18-21-37(34)42-38)40-32-17-12-11-16-31(32)39(27-14-9-8-10-15-27)33-20-19-30(25-36(33)40)41(3,4)5/h6-25H,2H2,1,3-5H3/b13-6-. The van der Waals surface area contributed by atoms with Crippen molar-refractivity contribution < 1.29 is 4.42 Å². The first-order valence-corrected chi connectivity index (χ1v) is 14.7. The van der Waals surface area contributed by atoms with Crippen molar-refractivity contribution in [2.45, 2.75) is 33.1 Å². The smallest absolute Gasteiger partial charge is 0.136 e. The fraction of sp³-hybridized carbons (Fsp3) is 0.122. The molecule has 0 aliphatic carbocycles. The molecule has 0 saturated heterocycles. The third kappa shape index (κ3) is 4.16. The van der Waals surface area contributed by atoms with E-state index in [4.69, 9.17) is 4.42 Å². The van der Waals surface area contributed by atoms with Crippen molar-refractivity contribution in [2.75, 3.05) is 0 Å². The van der Waals surface area contributed by atoms with Gasteiger partial charge in [0.1, 0.15) is 11.2 Å². The maximum absolute atomic E-state index is 6.38. The highest BCUT2D eigenvalue weighted by Gasteiger charge is 2.21. The van der Waals surface area contributed by atoms with Gasteiger partial charge < -0.3 is 4.42 Å². The molecule has 0 amide bonds. The molecular weight excluding hydrogens is 508 g/mol. The van der Waals surface area contributed by atoms with E-state index in [1.54, 1.807) is 0 Å². The van der Waals surface area contributed by atoms with Crippen molar-refractivity contribution in [1.29, 1.82) is 0 Å². The average molecular weight is 543 g/mol. The molecular formula is C41H34O. The fourth-order valence-corrected chi connectivity index (χ4v) is 6.38. The van der Waals surface area contributed by atoms with Gasteiger partial charge in [-0.05, 0) is 103 Å². The van der Waals surface area contributed by atoms with Crippen LogP contribution < -0.4 is 0 Å². The van der Waals surface area contributed by atoms with Crippen LogP contribution in [0.2, 0.25) is 0 Å². The second kappa shape index (κ2) is 9.89. The summed E-state index contributed by atoms with van der Waals surface area (Å²) >= 11 is 0. The minimum Gasteiger partial charge on any atom is -0.456 e. The molecule has 0 bridgehead atoms. The number of rotatable bonds is 4. The van der Waals surface area contributed by atoms with E-state index in [1.807, 2.05) is 13.0 Å². The highest BCUT2D eigenvalue weighted by atomic mass is 16.3. The monoisotopic (exact) mass is 542 g/mol. The summed E-state index contributed by atoms with van der Waals surface area (Å²) in [5.74, 6) is 0. The minimum atomic E-state index is 0.0282. The van der Waals surface area contributed by atoms with Gasteiger partial charge in [0.05, 0.1) is 0 Å². The van der Waals surface area contributed by atoms with Gasteiger partial charge in [0.15, 0.2) is 0 Å². The summed E-state index contributed by atoms with van der Waals surface area (Å²) in [5.41, 5.74) is 10.3. The summed E-state index contributed by atoms with van der Waals surface area (Å²) in [6.07, 6.45) is 6.08. The third-order valence-electron chi connectivity index (χ3n) is 8.48. The summed E-state index contributed by atoms with van der Waals surface area (Å²) in [6.45, 7) is 13.0. The Kier molecular flexibility index (Phi) is 6.13. The van der Waals surface area contributed by atoms with Crippen LogP contribution in [0.15, 0.2) is 120 Å². The molecule has 1 aromatic heterocycles. The molecule has 0 aliphatic heterocycles. The van der Waals surface area contributed by atoms with Crippen LogP contribution in [0.1, 0.15) is 44.4 Å². The van der Waals surface area contributed by atoms with Gasteiger partial charge in [0.2, 0.25) is 0 Å². The largest absolute Gasteiger partial charge is 0.456 e. The Morgan fingerprint density at radius 1 is 0.571 bits per heavy atom. The van der Waals surface area contributed by atoms with Crippen LogP contribution >= 0.6 is 0 Å². The van der Waals surface area contributed by atoms with Gasteiger partial charge in [-0.15, -0.1) is 0 Å². The number of benzene rings is 6. The Morgan fingerprint density at radius 2 is 1.24 bits per heavy atom. The maximum Gasteiger partial charge on any atom is 0.136 e. The Morgan fingerprint density at radius 3 is 1.93 bits per heavy atom. The van der Waals surface area contributed by atoms with E-state index in [1.165, 1.54) is 49.4 Å². The minimum absolute atomic E-state index is 0.0282. The van der Waals surface area contributed by atoms with Gasteiger partial charge in [-0.1, -0.05) is 118 Å². The summed E-state index contributed by atoms with van der Waals surface area (Å²) in [4.78, 5) is 0. The zero-order valence-electron chi connectivity index (χ0n) is 24.7. The first-order valence-electron chi connectivity index (χ1n) is 14.7. The molecule has 1 heteroatoms. The lowest BCUT2D eigenvalue weighted by atomic mass is 9.81. The topological polar surface area (TPSA) is 13.1 Å². The van der Waals surface area contributed by atoms with E-state index in [0.717, 1.165) is 33.1 Å². The van der Waals surface area contributed by atoms with Crippen molar-refractivity contribution in [2.24, 2.45) is 0 Å². The highest BCUT2D eigenvalue weighted by Crippen LogP contribution is 2.46. The van der Waals surface area contributed by atoms with E-state index in [-0.39, 0.29) is 5.41 Å². The molecule has 1 heterocycles. The Hall–Kier alpha value is -4.88. The zero-order valence-corrected chi connectivity index (χ0v) is 24.7. The van der Waals surface area contributed by atoms with E-state index < -0.39 is 0 Å². The Balaban J connectivity index is 1.60. The van der Waals surface area contributed by atoms with Crippen LogP contribution in [0.5, 0.6) is 0 Å². The molecule has 0 saturated carbocycles. The molecule has 7 rings (SSSR count). The van der Waals surface area contributed by atoms with Gasteiger partial charge in [-0.25, -0.2) is 0 Å². The van der Waals surface area contributed by atoms with Crippen LogP contribution in [-0.4, -0.2) is 0 Å². The fourth-order valence-electron chi connectivity index (χ4n) is 6.38. The van der Waals surface area contributed by atoms with Crippen molar-refractivity contribution in [1.82, 2.24) is 0 Å². The SMILES string of the molecule is C=Cc1cc2c(cc1/C=C\C)oc1ccc(-c3c4ccccc4c(-c4ccccc4)c4ccc(C(C)(C)C)cc34)cc12. The first kappa shape index (κ1) is 26.0. The van der Waals surface area contributed by atoms with Crippen LogP contribution in [0, 0.1) is 0 Å². The maximum atomic E-state index is 6.38. The molecule has 0 radical (unpaired) electrons. The molecule has 0 spiro atoms. The van der Waals surface area contributed by atoms with Crippen LogP contribution in [0.4, 0.5) is 0 Å². The lowest BCUT2D eigenvalue weighted by Crippen LogP contribution is -2.10. The number of allylic oxidation sites excluding steroid dienone is 1. The van der Waals surface area contributed by atoms with Crippen LogP contribution in [0.25, 0.3) is 77.9 Å². The summed E-state index contributed by atoms with van der Waals surface area (Å²) in [7, 11) is 0. The average Bonchev–Trinajstić information content (AvgIpc) is 3.35. The molecule has 42 heavy (non-hydrogen) atoms. The molecule has 0 unspecified atom stereocenters. The molecule has 7 aromatic rings. The molecule has 6 aromatic carbocycles. The molecule has 0 aliphatic rings. The molecule has 0 atom stereocenters. The van der Waals surface area contributed by atoms with E-state index in [9.17, 15) is 0 Å². The van der Waals surface area contributed by atoms with Crippen LogP contribution in [-0.2, 0) is 5.41 Å². The number of furan rings is 1. The highest BCUT2D eigenvalue weighted by molar-refractivity contribution is 6.22. The number of hydrogen-bond donors (Lipinski definition) is 0. The molecule has 1 nitrogen and oxygen atoms in total. The number of fused-ring (bicyclic) bond motifs is 5. The Bertz CT molecular complexity index is 2180. The van der Waals surface area contributed by atoms with E-state index in [2.05, 4.69) is 143 Å². The van der Waals surface area contributed by atoms with Gasteiger partial charge >= 0.3 is 0 Å². The van der Waals surface area contributed by atoms with E-state index in [0.29, 0.717) is 0 Å². The van der Waals surface area contributed by atoms with Crippen molar-refractivity contribution in [3.63, 3.8) is 0 Å². The zero-order chi connectivity index (χ0) is 29.0. The molecule has 204 valence electrons. The van der Waals surface area contributed by atoms with Crippen molar-refractivity contribution in [3.05, 3.63) is 132 Å². The van der Waals surface area contributed by atoms with Crippen LogP contribution in [0.3, 0.4) is 0 Å². The third-order valence-corrected chi connectivity index (χ3v) is 8.48. The van der Waals surface area contributed by atoms with Gasteiger partial charge in [0, 0.05) is 10.8 Å². The van der Waals surface area contributed by atoms with Crippen molar-refractivity contribution in [3.8, 4) is 22.3 Å². The number of hydrogen-bond acceptors (Lipinski definition) is 1. The second-order valence-corrected chi connectivity index (χ2v) is 12.2. The summed E-state index contributed by atoms with van der Waals surface area (Å²) < 4.78 is 6.38. The summed E-state index contributed by atoms with van der Waals surface area (Å²) in [5, 5.41) is 7.29. The molecule has 0 fully saturated rings. The van der Waals surface area contributed by atoms with E-state index >= 15 is 0 Å². The van der Waals surface area contributed by atoms with Gasteiger partial charge in [-0.2, -0.15) is 0 Å². The lowest BCUT2D eigenvalue weighted by molar-refractivity contribution is 0.591. The van der Waals surface area contributed by atoms with Gasteiger partial charge in [0.25, 0.3) is 0 Å². The predicted octanol–water partition coefficient (Wildman–Crippen LogP) is 12.2. The predicted molar refractivity (Wildman–Crippen MR) is 183 cm³/mol. The lowest BCUT2D eigenvalue weighted by Gasteiger charge is -2.23. The van der Waals surface area contributed by atoms with Crippen molar-refractivity contribution >= 4 is 55.6 Å². The summed E-state index contributed by atoms with van der Waals surface area (Å²) in [6, 6.07) is 37.7. The normalized spacial score (nSPS) is 12.3.